The summed E-state index contributed by atoms with van der Waals surface area (Å²) in [5, 5.41) is 0.528. The number of rotatable bonds is 4. The van der Waals surface area contributed by atoms with Crippen molar-refractivity contribution >= 4 is 29.0 Å². The normalized spacial score (nSPS) is 14.1. The predicted molar refractivity (Wildman–Crippen MR) is 67.6 cm³/mol. The second-order valence-electron chi connectivity index (χ2n) is 3.88. The van der Waals surface area contributed by atoms with Gasteiger partial charge in [-0.25, -0.2) is 0 Å². The maximum absolute atomic E-state index is 11.8. The molecule has 0 radical (unpaired) electrons. The van der Waals surface area contributed by atoms with Crippen molar-refractivity contribution in [2.75, 3.05) is 11.4 Å². The van der Waals surface area contributed by atoms with Gasteiger partial charge in [0.2, 0.25) is 0 Å². The lowest BCUT2D eigenvalue weighted by Gasteiger charge is -2.15. The van der Waals surface area contributed by atoms with E-state index in [1.54, 1.807) is 24.3 Å². The van der Waals surface area contributed by atoms with Gasteiger partial charge in [-0.15, -0.1) is 6.58 Å². The third-order valence-electron chi connectivity index (χ3n) is 2.72. The first-order chi connectivity index (χ1) is 8.15. The summed E-state index contributed by atoms with van der Waals surface area (Å²) in [4.78, 5) is 25.0. The van der Waals surface area contributed by atoms with Crippen LogP contribution in [0.4, 0.5) is 5.69 Å². The molecule has 0 aromatic heterocycles. The lowest BCUT2D eigenvalue weighted by atomic mass is 10.1. The average Bonchev–Trinajstić information content (AvgIpc) is 2.54. The summed E-state index contributed by atoms with van der Waals surface area (Å²) in [6.07, 6.45) is 3.39. The lowest BCUT2D eigenvalue weighted by molar-refractivity contribution is -0.114. The molecule has 4 heteroatoms. The van der Waals surface area contributed by atoms with Crippen molar-refractivity contribution in [3.05, 3.63) is 41.4 Å². The van der Waals surface area contributed by atoms with Crippen LogP contribution in [0, 0.1) is 0 Å². The summed E-state index contributed by atoms with van der Waals surface area (Å²) in [6.45, 7) is 4.14. The van der Waals surface area contributed by atoms with E-state index >= 15 is 0 Å². The molecule has 0 saturated heterocycles. The highest BCUT2D eigenvalue weighted by Gasteiger charge is 2.35. The summed E-state index contributed by atoms with van der Waals surface area (Å²) >= 11 is 5.88. The molecule has 0 aliphatic carbocycles. The van der Waals surface area contributed by atoms with Crippen LogP contribution in [-0.2, 0) is 4.79 Å². The molecule has 1 aromatic rings. The number of fused-ring (bicyclic) bond motifs is 1. The topological polar surface area (TPSA) is 37.4 Å². The minimum Gasteiger partial charge on any atom is -0.305 e. The first kappa shape index (κ1) is 11.9. The van der Waals surface area contributed by atoms with E-state index in [1.165, 1.54) is 4.90 Å². The van der Waals surface area contributed by atoms with Gasteiger partial charge in [0.1, 0.15) is 0 Å². The van der Waals surface area contributed by atoms with E-state index in [-0.39, 0.29) is 0 Å². The molecule has 3 nitrogen and oxygen atoms in total. The number of amides is 1. The molecule has 0 saturated carbocycles. The minimum atomic E-state index is -0.466. The number of hydrogen-bond donors (Lipinski definition) is 0. The van der Waals surface area contributed by atoms with E-state index in [4.69, 9.17) is 11.6 Å². The highest BCUT2D eigenvalue weighted by atomic mass is 35.5. The molecule has 88 valence electrons. The Morgan fingerprint density at radius 1 is 1.35 bits per heavy atom. The molecule has 0 unspecified atom stereocenters. The quantitative estimate of drug-likeness (QED) is 0.467. The Labute approximate surface area is 105 Å². The Bertz CT molecular complexity index is 496. The third kappa shape index (κ3) is 2.11. The molecule has 1 heterocycles. The Balaban J connectivity index is 2.29. The van der Waals surface area contributed by atoms with Gasteiger partial charge in [0, 0.05) is 11.6 Å². The highest BCUT2D eigenvalue weighted by Crippen LogP contribution is 2.31. The molecule has 0 spiro atoms. The first-order valence-electron chi connectivity index (χ1n) is 5.42. The second-order valence-corrected chi connectivity index (χ2v) is 4.31. The SMILES string of the molecule is C=CCCCN1C(=O)C(=O)c2ccc(Cl)cc21. The van der Waals surface area contributed by atoms with Crippen molar-refractivity contribution in [3.8, 4) is 0 Å². The first-order valence-corrected chi connectivity index (χ1v) is 5.79. The summed E-state index contributed by atoms with van der Waals surface area (Å²) in [7, 11) is 0. The average molecular weight is 250 g/mol. The standard InChI is InChI=1S/C13H12ClNO2/c1-2-3-4-7-15-11-8-9(14)5-6-10(11)12(16)13(15)17/h2,5-6,8H,1,3-4,7H2. The number of ketones is 1. The van der Waals surface area contributed by atoms with Gasteiger partial charge in [0.15, 0.2) is 0 Å². The Kier molecular flexibility index (Phi) is 3.29. The smallest absolute Gasteiger partial charge is 0.299 e. The predicted octanol–water partition coefficient (Wildman–Crippen LogP) is 2.84. The van der Waals surface area contributed by atoms with Crippen molar-refractivity contribution in [1.29, 1.82) is 0 Å². The van der Waals surface area contributed by atoms with Gasteiger partial charge < -0.3 is 4.90 Å². The van der Waals surface area contributed by atoms with Crippen molar-refractivity contribution in [1.82, 2.24) is 0 Å². The number of nitrogens with zero attached hydrogens (tertiary/aromatic N) is 1. The van der Waals surface area contributed by atoms with Crippen LogP contribution in [0.15, 0.2) is 30.9 Å². The Morgan fingerprint density at radius 3 is 2.82 bits per heavy atom. The molecule has 17 heavy (non-hydrogen) atoms. The fraction of sp³-hybridized carbons (Fsp3) is 0.231. The summed E-state index contributed by atoms with van der Waals surface area (Å²) < 4.78 is 0. The van der Waals surface area contributed by atoms with Gasteiger partial charge in [-0.3, -0.25) is 9.59 Å². The van der Waals surface area contributed by atoms with Crippen molar-refractivity contribution in [3.63, 3.8) is 0 Å². The van der Waals surface area contributed by atoms with Gasteiger partial charge in [-0.1, -0.05) is 17.7 Å². The van der Waals surface area contributed by atoms with Crippen molar-refractivity contribution < 1.29 is 9.59 Å². The number of carbonyl (C=O) groups excluding carboxylic acids is 2. The molecule has 0 atom stereocenters. The number of halogens is 1. The molecular weight excluding hydrogens is 238 g/mol. The van der Waals surface area contributed by atoms with Crippen LogP contribution in [0.1, 0.15) is 23.2 Å². The van der Waals surface area contributed by atoms with E-state index in [0.29, 0.717) is 22.8 Å². The van der Waals surface area contributed by atoms with E-state index in [9.17, 15) is 9.59 Å². The number of allylic oxidation sites excluding steroid dienone is 1. The molecule has 0 fully saturated rings. The van der Waals surface area contributed by atoms with Crippen LogP contribution in [0.2, 0.25) is 5.02 Å². The van der Waals surface area contributed by atoms with E-state index < -0.39 is 11.7 Å². The van der Waals surface area contributed by atoms with E-state index in [0.717, 1.165) is 12.8 Å². The number of unbranched alkanes of at least 4 members (excludes halogenated alkanes) is 1. The number of benzene rings is 1. The molecular formula is C13H12ClNO2. The maximum Gasteiger partial charge on any atom is 0.299 e. The highest BCUT2D eigenvalue weighted by molar-refractivity contribution is 6.52. The van der Waals surface area contributed by atoms with E-state index in [2.05, 4.69) is 6.58 Å². The summed E-state index contributed by atoms with van der Waals surface area (Å²) in [5.74, 6) is -0.915. The number of Topliss-reactive ketones (excluding diaryl/α,β-unsaturated/α-hetero) is 1. The monoisotopic (exact) mass is 249 g/mol. The van der Waals surface area contributed by atoms with Crippen molar-refractivity contribution in [2.45, 2.75) is 12.8 Å². The van der Waals surface area contributed by atoms with E-state index in [1.807, 2.05) is 0 Å². The molecule has 1 aromatic carbocycles. The van der Waals surface area contributed by atoms with Crippen LogP contribution in [-0.4, -0.2) is 18.2 Å². The molecule has 1 aliphatic heterocycles. The van der Waals surface area contributed by atoms with Crippen LogP contribution < -0.4 is 4.90 Å². The minimum absolute atomic E-state index is 0.443. The van der Waals surface area contributed by atoms with Gasteiger partial charge in [0.25, 0.3) is 11.7 Å². The van der Waals surface area contributed by atoms with Gasteiger partial charge in [-0.2, -0.15) is 0 Å². The zero-order valence-electron chi connectivity index (χ0n) is 9.28. The summed E-state index contributed by atoms with van der Waals surface area (Å²) in [5.41, 5.74) is 1.06. The van der Waals surface area contributed by atoms with Crippen LogP contribution in [0.25, 0.3) is 0 Å². The number of hydrogen-bond acceptors (Lipinski definition) is 2. The summed E-state index contributed by atoms with van der Waals surface area (Å²) in [6, 6.07) is 4.89. The van der Waals surface area contributed by atoms with Gasteiger partial charge in [0.05, 0.1) is 11.3 Å². The Hall–Kier alpha value is -1.61. The molecule has 2 rings (SSSR count). The second kappa shape index (κ2) is 4.72. The molecule has 0 bridgehead atoms. The third-order valence-corrected chi connectivity index (χ3v) is 2.96. The molecule has 1 aliphatic rings. The largest absolute Gasteiger partial charge is 0.305 e. The van der Waals surface area contributed by atoms with Crippen LogP contribution in [0.5, 0.6) is 0 Å². The van der Waals surface area contributed by atoms with Gasteiger partial charge in [-0.05, 0) is 31.0 Å². The zero-order chi connectivity index (χ0) is 12.4. The number of carbonyl (C=O) groups is 2. The molecule has 1 amide bonds. The molecule has 0 N–H and O–H groups in total. The number of anilines is 1. The lowest BCUT2D eigenvalue weighted by Crippen LogP contribution is -2.30. The van der Waals surface area contributed by atoms with Crippen LogP contribution >= 0.6 is 11.6 Å². The zero-order valence-corrected chi connectivity index (χ0v) is 10.0. The maximum atomic E-state index is 11.8. The van der Waals surface area contributed by atoms with Crippen LogP contribution in [0.3, 0.4) is 0 Å². The van der Waals surface area contributed by atoms with Gasteiger partial charge >= 0.3 is 0 Å². The fourth-order valence-corrected chi connectivity index (χ4v) is 2.05. The fourth-order valence-electron chi connectivity index (χ4n) is 1.88. The Morgan fingerprint density at radius 2 is 2.12 bits per heavy atom. The van der Waals surface area contributed by atoms with Crippen molar-refractivity contribution in [2.24, 2.45) is 0 Å².